The molecule has 112 valence electrons. The first kappa shape index (κ1) is 16.6. The van der Waals surface area contributed by atoms with Crippen molar-refractivity contribution in [2.75, 3.05) is 18.9 Å². The molecule has 20 heavy (non-hydrogen) atoms. The van der Waals surface area contributed by atoms with Gasteiger partial charge in [-0.2, -0.15) is 0 Å². The zero-order valence-electron chi connectivity index (χ0n) is 10.8. The average Bonchev–Trinajstić information content (AvgIpc) is 2.39. The van der Waals surface area contributed by atoms with Gasteiger partial charge >= 0.3 is 5.97 Å². The molecule has 1 rings (SSSR count). The maximum Gasteiger partial charge on any atom is 0.335 e. The molecule has 1 aromatic rings. The lowest BCUT2D eigenvalue weighted by atomic mass is 10.1. The summed E-state index contributed by atoms with van der Waals surface area (Å²) in [5.74, 6) is 3.66. The van der Waals surface area contributed by atoms with Crippen molar-refractivity contribution in [1.29, 1.82) is 0 Å². The molecule has 0 aliphatic rings. The molecule has 5 N–H and O–H groups in total. The highest BCUT2D eigenvalue weighted by atomic mass is 32.2. The first-order chi connectivity index (χ1) is 9.42. The van der Waals surface area contributed by atoms with E-state index in [2.05, 4.69) is 5.43 Å². The van der Waals surface area contributed by atoms with E-state index in [-0.39, 0.29) is 24.3 Å². The van der Waals surface area contributed by atoms with Crippen LogP contribution in [0.15, 0.2) is 24.3 Å². The Labute approximate surface area is 117 Å². The van der Waals surface area contributed by atoms with E-state index in [0.29, 0.717) is 5.56 Å². The van der Waals surface area contributed by atoms with Gasteiger partial charge in [0.1, 0.15) is 0 Å². The molecular weight excluding hydrogens is 284 g/mol. The summed E-state index contributed by atoms with van der Waals surface area (Å²) in [5.41, 5.74) is 2.78. The molecule has 0 aromatic heterocycles. The number of carbonyl (C=O) groups is 1. The Balaban J connectivity index is 3.16. The second-order valence-corrected chi connectivity index (χ2v) is 6.56. The van der Waals surface area contributed by atoms with Crippen LogP contribution in [0.1, 0.15) is 27.6 Å². The van der Waals surface area contributed by atoms with Gasteiger partial charge in [0.2, 0.25) is 0 Å². The minimum atomic E-state index is -3.58. The number of rotatable bonds is 8. The van der Waals surface area contributed by atoms with Crippen LogP contribution in [0.3, 0.4) is 0 Å². The fourth-order valence-electron chi connectivity index (χ4n) is 1.91. The van der Waals surface area contributed by atoms with Crippen LogP contribution in [-0.2, 0) is 9.84 Å². The molecule has 0 amide bonds. The van der Waals surface area contributed by atoms with E-state index in [1.165, 1.54) is 18.2 Å². The Morgan fingerprint density at radius 2 is 2.10 bits per heavy atom. The van der Waals surface area contributed by atoms with E-state index in [1.54, 1.807) is 6.07 Å². The van der Waals surface area contributed by atoms with Gasteiger partial charge < -0.3 is 10.2 Å². The number of hydrogen-bond donors (Lipinski definition) is 4. The Bertz CT molecular complexity index is 559. The van der Waals surface area contributed by atoms with Crippen molar-refractivity contribution in [2.45, 2.75) is 11.7 Å². The maximum atomic E-state index is 12.1. The minimum Gasteiger partial charge on any atom is -0.478 e. The van der Waals surface area contributed by atoms with Crippen molar-refractivity contribution in [3.05, 3.63) is 35.4 Å². The summed E-state index contributed by atoms with van der Waals surface area (Å²) in [6.45, 7) is -0.222. The summed E-state index contributed by atoms with van der Waals surface area (Å²) in [6.07, 6.45) is 0.196. The lowest BCUT2D eigenvalue weighted by molar-refractivity contribution is 0.0696. The van der Waals surface area contributed by atoms with Gasteiger partial charge in [0.15, 0.2) is 9.84 Å². The van der Waals surface area contributed by atoms with Crippen LogP contribution in [0.4, 0.5) is 0 Å². The van der Waals surface area contributed by atoms with Crippen molar-refractivity contribution in [3.8, 4) is 0 Å². The summed E-state index contributed by atoms with van der Waals surface area (Å²) >= 11 is 0. The largest absolute Gasteiger partial charge is 0.478 e. The average molecular weight is 302 g/mol. The Hall–Kier alpha value is -1.48. The number of hydrogen-bond acceptors (Lipinski definition) is 6. The molecule has 1 aromatic carbocycles. The molecule has 0 aliphatic carbocycles. The van der Waals surface area contributed by atoms with E-state index in [0.717, 1.165) is 0 Å². The predicted octanol–water partition coefficient (Wildman–Crippen LogP) is -0.314. The Morgan fingerprint density at radius 3 is 2.65 bits per heavy atom. The number of carboxylic acid groups (broad SMARTS) is 1. The predicted molar refractivity (Wildman–Crippen MR) is 73.8 cm³/mol. The first-order valence-electron chi connectivity index (χ1n) is 6.01. The molecule has 0 heterocycles. The SMILES string of the molecule is NNCCC(c1cccc(C(=O)O)c1)S(=O)(=O)CCO. The van der Waals surface area contributed by atoms with E-state index in [9.17, 15) is 13.2 Å². The number of aromatic carboxylic acids is 1. The highest BCUT2D eigenvalue weighted by molar-refractivity contribution is 7.91. The summed E-state index contributed by atoms with van der Waals surface area (Å²) in [6, 6.07) is 5.78. The highest BCUT2D eigenvalue weighted by Crippen LogP contribution is 2.27. The van der Waals surface area contributed by atoms with Crippen molar-refractivity contribution in [2.24, 2.45) is 5.84 Å². The van der Waals surface area contributed by atoms with E-state index < -0.39 is 27.7 Å². The fraction of sp³-hybridized carbons (Fsp3) is 0.417. The third kappa shape index (κ3) is 4.27. The van der Waals surface area contributed by atoms with Crippen molar-refractivity contribution in [1.82, 2.24) is 5.43 Å². The molecule has 8 heteroatoms. The molecule has 0 bridgehead atoms. The van der Waals surface area contributed by atoms with Gasteiger partial charge in [-0.3, -0.25) is 11.3 Å². The number of carboxylic acids is 1. The standard InChI is InChI=1S/C12H18N2O5S/c13-14-5-4-11(20(18,19)7-6-15)9-2-1-3-10(8-9)12(16)17/h1-3,8,11,14-15H,4-7,13H2,(H,16,17). The molecule has 0 fully saturated rings. The lowest BCUT2D eigenvalue weighted by Gasteiger charge is -2.18. The van der Waals surface area contributed by atoms with Gasteiger partial charge in [-0.1, -0.05) is 12.1 Å². The molecule has 0 radical (unpaired) electrons. The van der Waals surface area contributed by atoms with Crippen LogP contribution in [0, 0.1) is 0 Å². The number of hydrazine groups is 1. The molecule has 0 spiro atoms. The number of nitrogens with one attached hydrogen (secondary N) is 1. The van der Waals surface area contributed by atoms with Gasteiger partial charge in [0, 0.05) is 6.54 Å². The Kier molecular flexibility index (Phi) is 6.08. The second-order valence-electron chi connectivity index (χ2n) is 4.25. The molecule has 0 aliphatic heterocycles. The number of benzene rings is 1. The van der Waals surface area contributed by atoms with Gasteiger partial charge in [-0.15, -0.1) is 0 Å². The molecule has 7 nitrogen and oxygen atoms in total. The van der Waals surface area contributed by atoms with Gasteiger partial charge in [-0.05, 0) is 24.1 Å². The summed E-state index contributed by atoms with van der Waals surface area (Å²) in [5, 5.41) is 16.9. The van der Waals surface area contributed by atoms with E-state index in [4.69, 9.17) is 16.1 Å². The zero-order valence-corrected chi connectivity index (χ0v) is 11.6. The molecule has 0 saturated carbocycles. The molecule has 0 saturated heterocycles. The van der Waals surface area contributed by atoms with Crippen LogP contribution in [0.5, 0.6) is 0 Å². The zero-order chi connectivity index (χ0) is 15.2. The van der Waals surface area contributed by atoms with Crippen LogP contribution in [0.25, 0.3) is 0 Å². The molecule has 1 atom stereocenters. The topological polar surface area (TPSA) is 130 Å². The number of sulfone groups is 1. The van der Waals surface area contributed by atoms with Crippen molar-refractivity contribution >= 4 is 15.8 Å². The summed E-state index contributed by atoms with van der Waals surface area (Å²) in [7, 11) is -3.58. The van der Waals surface area contributed by atoms with E-state index >= 15 is 0 Å². The van der Waals surface area contributed by atoms with Crippen LogP contribution in [-0.4, -0.2) is 43.5 Å². The molecule has 1 unspecified atom stereocenters. The van der Waals surface area contributed by atoms with Gasteiger partial charge in [0.25, 0.3) is 0 Å². The quantitative estimate of drug-likeness (QED) is 0.382. The van der Waals surface area contributed by atoms with Crippen LogP contribution >= 0.6 is 0 Å². The van der Waals surface area contributed by atoms with Crippen LogP contribution < -0.4 is 11.3 Å². The lowest BCUT2D eigenvalue weighted by Crippen LogP contribution is -2.28. The number of nitrogens with two attached hydrogens (primary N) is 1. The third-order valence-electron chi connectivity index (χ3n) is 2.87. The monoisotopic (exact) mass is 302 g/mol. The minimum absolute atomic E-state index is 0.0207. The van der Waals surface area contributed by atoms with Crippen molar-refractivity contribution in [3.63, 3.8) is 0 Å². The second kappa shape index (κ2) is 7.34. The maximum absolute atomic E-state index is 12.1. The smallest absolute Gasteiger partial charge is 0.335 e. The Morgan fingerprint density at radius 1 is 1.40 bits per heavy atom. The number of aliphatic hydroxyl groups excluding tert-OH is 1. The summed E-state index contributed by atoms with van der Waals surface area (Å²) in [4.78, 5) is 10.9. The summed E-state index contributed by atoms with van der Waals surface area (Å²) < 4.78 is 24.3. The van der Waals surface area contributed by atoms with Crippen LogP contribution in [0.2, 0.25) is 0 Å². The fourth-order valence-corrected chi connectivity index (χ4v) is 3.49. The highest BCUT2D eigenvalue weighted by Gasteiger charge is 2.26. The van der Waals surface area contributed by atoms with Crippen molar-refractivity contribution < 1.29 is 23.4 Å². The van der Waals surface area contributed by atoms with E-state index in [1.807, 2.05) is 0 Å². The molecular formula is C12H18N2O5S. The third-order valence-corrected chi connectivity index (χ3v) is 4.99. The van der Waals surface area contributed by atoms with Gasteiger partial charge in [-0.25, -0.2) is 13.2 Å². The first-order valence-corrected chi connectivity index (χ1v) is 7.73. The normalized spacial score (nSPS) is 13.1. The number of aliphatic hydroxyl groups is 1. The van der Waals surface area contributed by atoms with Gasteiger partial charge in [0.05, 0.1) is 23.2 Å².